The van der Waals surface area contributed by atoms with Crippen molar-refractivity contribution >= 4 is 11.7 Å². The highest BCUT2D eigenvalue weighted by Gasteiger charge is 2.48. The standard InChI is InChI=1S/C13H20F3NO2/c1-3-11(18)8(2)17-12(19)9-6-4-5-7-10(9)13(14,15)16/h8-10H,3-7H2,1-2H3,(H,17,19). The minimum Gasteiger partial charge on any atom is -0.346 e. The summed E-state index contributed by atoms with van der Waals surface area (Å²) in [5, 5.41) is 2.41. The van der Waals surface area contributed by atoms with Crippen LogP contribution >= 0.6 is 0 Å². The van der Waals surface area contributed by atoms with Gasteiger partial charge in [-0.15, -0.1) is 0 Å². The highest BCUT2D eigenvalue weighted by molar-refractivity contribution is 5.89. The molecule has 0 radical (unpaired) electrons. The lowest BCUT2D eigenvalue weighted by molar-refractivity contribution is -0.198. The Morgan fingerprint density at radius 2 is 1.84 bits per heavy atom. The predicted molar refractivity (Wildman–Crippen MR) is 64.4 cm³/mol. The molecule has 6 heteroatoms. The van der Waals surface area contributed by atoms with Gasteiger partial charge in [-0.3, -0.25) is 9.59 Å². The van der Waals surface area contributed by atoms with Crippen LogP contribution in [0.2, 0.25) is 0 Å². The van der Waals surface area contributed by atoms with E-state index in [1.54, 1.807) is 6.92 Å². The van der Waals surface area contributed by atoms with Gasteiger partial charge in [-0.1, -0.05) is 19.8 Å². The fraction of sp³-hybridized carbons (Fsp3) is 0.846. The third-order valence-electron chi connectivity index (χ3n) is 3.71. The van der Waals surface area contributed by atoms with E-state index in [2.05, 4.69) is 5.32 Å². The molecule has 1 N–H and O–H groups in total. The fourth-order valence-corrected chi connectivity index (χ4v) is 2.54. The van der Waals surface area contributed by atoms with Crippen LogP contribution in [0.15, 0.2) is 0 Å². The van der Waals surface area contributed by atoms with E-state index in [0.29, 0.717) is 12.8 Å². The molecule has 1 fully saturated rings. The maximum absolute atomic E-state index is 12.9. The Morgan fingerprint density at radius 3 is 2.37 bits per heavy atom. The Labute approximate surface area is 110 Å². The molecule has 0 aliphatic heterocycles. The molecule has 0 spiro atoms. The van der Waals surface area contributed by atoms with Gasteiger partial charge >= 0.3 is 6.18 Å². The summed E-state index contributed by atoms with van der Waals surface area (Å²) < 4.78 is 38.6. The van der Waals surface area contributed by atoms with Crippen molar-refractivity contribution in [2.75, 3.05) is 0 Å². The number of ketones is 1. The van der Waals surface area contributed by atoms with Crippen LogP contribution in [-0.4, -0.2) is 23.9 Å². The number of carbonyl (C=O) groups is 2. The molecule has 1 aliphatic rings. The van der Waals surface area contributed by atoms with Crippen LogP contribution < -0.4 is 5.32 Å². The molecule has 3 atom stereocenters. The van der Waals surface area contributed by atoms with Gasteiger partial charge in [0.05, 0.1) is 12.0 Å². The molecule has 19 heavy (non-hydrogen) atoms. The Kier molecular flexibility index (Phi) is 5.38. The smallest absolute Gasteiger partial charge is 0.346 e. The van der Waals surface area contributed by atoms with Crippen LogP contribution in [0.3, 0.4) is 0 Å². The van der Waals surface area contributed by atoms with Crippen LogP contribution in [0.4, 0.5) is 13.2 Å². The number of nitrogens with one attached hydrogen (secondary N) is 1. The Balaban J connectivity index is 2.70. The summed E-state index contributed by atoms with van der Waals surface area (Å²) in [6.07, 6.45) is -2.73. The van der Waals surface area contributed by atoms with Crippen LogP contribution in [0.5, 0.6) is 0 Å². The summed E-state index contributed by atoms with van der Waals surface area (Å²) in [5.41, 5.74) is 0. The SMILES string of the molecule is CCC(=O)C(C)NC(=O)C1CCCCC1C(F)(F)F. The summed E-state index contributed by atoms with van der Waals surface area (Å²) >= 11 is 0. The van der Waals surface area contributed by atoms with Crippen LogP contribution in [0.25, 0.3) is 0 Å². The normalized spacial score (nSPS) is 25.7. The Bertz CT molecular complexity index is 341. The molecule has 1 aliphatic carbocycles. The molecule has 0 aromatic rings. The first-order valence-electron chi connectivity index (χ1n) is 6.67. The van der Waals surface area contributed by atoms with Crippen LogP contribution in [-0.2, 0) is 9.59 Å². The summed E-state index contributed by atoms with van der Waals surface area (Å²) in [6, 6.07) is -0.715. The molecular formula is C13H20F3NO2. The third kappa shape index (κ3) is 4.21. The first-order chi connectivity index (χ1) is 8.77. The van der Waals surface area contributed by atoms with Crippen molar-refractivity contribution < 1.29 is 22.8 Å². The van der Waals surface area contributed by atoms with E-state index >= 15 is 0 Å². The lowest BCUT2D eigenvalue weighted by Crippen LogP contribution is -2.47. The van der Waals surface area contributed by atoms with Crippen molar-refractivity contribution in [3.8, 4) is 0 Å². The van der Waals surface area contributed by atoms with Crippen LogP contribution in [0.1, 0.15) is 46.0 Å². The van der Waals surface area contributed by atoms with E-state index in [1.165, 1.54) is 6.92 Å². The number of rotatable bonds is 4. The predicted octanol–water partition coefficient (Wildman–Crippen LogP) is 2.84. The number of hydrogen-bond acceptors (Lipinski definition) is 2. The van der Waals surface area contributed by atoms with Gasteiger partial charge in [0.1, 0.15) is 0 Å². The monoisotopic (exact) mass is 279 g/mol. The number of carbonyl (C=O) groups excluding carboxylic acids is 2. The first kappa shape index (κ1) is 16.0. The molecule has 1 amide bonds. The van der Waals surface area contributed by atoms with Gasteiger partial charge in [-0.05, 0) is 19.8 Å². The number of Topliss-reactive ketones (excluding diaryl/α,β-unsaturated/α-hetero) is 1. The van der Waals surface area contributed by atoms with Gasteiger partial charge in [-0.2, -0.15) is 13.2 Å². The molecule has 0 saturated heterocycles. The zero-order chi connectivity index (χ0) is 14.6. The Morgan fingerprint density at radius 1 is 1.26 bits per heavy atom. The van der Waals surface area contributed by atoms with Gasteiger partial charge in [0.15, 0.2) is 5.78 Å². The van der Waals surface area contributed by atoms with Crippen LogP contribution in [0, 0.1) is 11.8 Å². The third-order valence-corrected chi connectivity index (χ3v) is 3.71. The van der Waals surface area contributed by atoms with Crippen molar-refractivity contribution in [3.05, 3.63) is 0 Å². The molecule has 110 valence electrons. The number of alkyl halides is 3. The second-order valence-electron chi connectivity index (χ2n) is 5.09. The second kappa shape index (κ2) is 6.39. The highest BCUT2D eigenvalue weighted by atomic mass is 19.4. The molecule has 0 heterocycles. The zero-order valence-corrected chi connectivity index (χ0v) is 11.2. The molecule has 0 aromatic heterocycles. The lowest BCUT2D eigenvalue weighted by atomic mass is 9.78. The lowest BCUT2D eigenvalue weighted by Gasteiger charge is -2.32. The summed E-state index contributed by atoms with van der Waals surface area (Å²) in [4.78, 5) is 23.3. The molecular weight excluding hydrogens is 259 g/mol. The zero-order valence-electron chi connectivity index (χ0n) is 11.2. The quantitative estimate of drug-likeness (QED) is 0.860. The van der Waals surface area contributed by atoms with Crippen molar-refractivity contribution in [1.82, 2.24) is 5.32 Å². The highest BCUT2D eigenvalue weighted by Crippen LogP contribution is 2.41. The molecule has 3 nitrogen and oxygen atoms in total. The van der Waals surface area contributed by atoms with Gasteiger partial charge in [0.2, 0.25) is 5.91 Å². The molecule has 3 unspecified atom stereocenters. The minimum atomic E-state index is -4.35. The average molecular weight is 279 g/mol. The van der Waals surface area contributed by atoms with Gasteiger partial charge in [0, 0.05) is 12.3 Å². The van der Waals surface area contributed by atoms with Gasteiger partial charge in [-0.25, -0.2) is 0 Å². The van der Waals surface area contributed by atoms with E-state index in [1.807, 2.05) is 0 Å². The van der Waals surface area contributed by atoms with E-state index in [9.17, 15) is 22.8 Å². The maximum atomic E-state index is 12.9. The first-order valence-corrected chi connectivity index (χ1v) is 6.67. The second-order valence-corrected chi connectivity index (χ2v) is 5.09. The largest absolute Gasteiger partial charge is 0.392 e. The summed E-state index contributed by atoms with van der Waals surface area (Å²) in [5.74, 6) is -3.45. The number of halogens is 3. The van der Waals surface area contributed by atoms with Crippen molar-refractivity contribution in [2.45, 2.75) is 58.2 Å². The Hall–Kier alpha value is -1.07. The minimum absolute atomic E-state index is 0.00229. The van der Waals surface area contributed by atoms with E-state index in [4.69, 9.17) is 0 Å². The van der Waals surface area contributed by atoms with Crippen molar-refractivity contribution in [2.24, 2.45) is 11.8 Å². The van der Waals surface area contributed by atoms with Gasteiger partial charge < -0.3 is 5.32 Å². The fourth-order valence-electron chi connectivity index (χ4n) is 2.54. The molecule has 1 saturated carbocycles. The summed E-state index contributed by atoms with van der Waals surface area (Å²) in [6.45, 7) is 3.17. The number of amides is 1. The molecule has 1 rings (SSSR count). The van der Waals surface area contributed by atoms with E-state index in [0.717, 1.165) is 0 Å². The topological polar surface area (TPSA) is 46.2 Å². The molecule has 0 aromatic carbocycles. The van der Waals surface area contributed by atoms with E-state index in [-0.39, 0.29) is 25.0 Å². The summed E-state index contributed by atoms with van der Waals surface area (Å²) in [7, 11) is 0. The number of hydrogen-bond donors (Lipinski definition) is 1. The maximum Gasteiger partial charge on any atom is 0.392 e. The molecule has 0 bridgehead atoms. The average Bonchev–Trinajstić information content (AvgIpc) is 2.36. The van der Waals surface area contributed by atoms with Crippen molar-refractivity contribution in [1.29, 1.82) is 0 Å². The van der Waals surface area contributed by atoms with Crippen molar-refractivity contribution in [3.63, 3.8) is 0 Å². The van der Waals surface area contributed by atoms with Gasteiger partial charge in [0.25, 0.3) is 0 Å². The van der Waals surface area contributed by atoms with E-state index < -0.39 is 30.0 Å².